The molecule has 18 unspecified atom stereocenters. The van der Waals surface area contributed by atoms with Gasteiger partial charge in [0.15, 0.2) is 18.7 Å². The number of unbranched alkanes of at least 4 members (excludes halogenated alkanes) is 37. The van der Waals surface area contributed by atoms with Crippen LogP contribution in [0.1, 0.15) is 297 Å². The van der Waals surface area contributed by atoms with Crippen LogP contribution < -0.4 is 0 Å². The molecule has 0 bridgehead atoms. The van der Waals surface area contributed by atoms with Crippen LogP contribution >= 0.6 is 7.82 Å². The van der Waals surface area contributed by atoms with Crippen LogP contribution in [-0.4, -0.2) is 204 Å². The van der Waals surface area contributed by atoms with E-state index in [-0.39, 0.29) is 19.3 Å². The van der Waals surface area contributed by atoms with E-state index in [0.29, 0.717) is 19.3 Å². The van der Waals surface area contributed by atoms with Gasteiger partial charge in [-0.1, -0.05) is 258 Å². The first-order valence-corrected chi connectivity index (χ1v) is 38.8. The number of phosphoric ester groups is 1. The Morgan fingerprint density at radius 3 is 1.03 bits per heavy atom. The molecule has 11 N–H and O–H groups in total. The largest absolute Gasteiger partial charge is 0.472 e. The van der Waals surface area contributed by atoms with Gasteiger partial charge in [-0.15, -0.1) is 0 Å². The van der Waals surface area contributed by atoms with Crippen molar-refractivity contribution in [1.82, 2.24) is 0 Å². The average molecular weight is 1390 g/mol. The van der Waals surface area contributed by atoms with Gasteiger partial charge in [0.2, 0.25) is 0 Å². The van der Waals surface area contributed by atoms with E-state index >= 15 is 0 Å². The van der Waals surface area contributed by atoms with Gasteiger partial charge < -0.3 is 89.1 Å². The van der Waals surface area contributed by atoms with Gasteiger partial charge in [0, 0.05) is 19.3 Å². The molecule has 0 aromatic heterocycles. The lowest BCUT2D eigenvalue weighted by Crippen LogP contribution is -2.69. The van der Waals surface area contributed by atoms with E-state index in [9.17, 15) is 74.9 Å². The molecule has 560 valence electrons. The van der Waals surface area contributed by atoms with E-state index in [1.54, 1.807) is 0 Å². The fraction of sp³-hybridized carbons (Fsp3) is 0.957. The number of hydrogen-bond donors (Lipinski definition) is 11. The summed E-state index contributed by atoms with van der Waals surface area (Å²) in [6.45, 7) is 3.45. The molecule has 2 saturated heterocycles. The Labute approximate surface area is 568 Å². The van der Waals surface area contributed by atoms with Crippen LogP contribution in [0, 0.1) is 0 Å². The summed E-state index contributed by atoms with van der Waals surface area (Å²) in [7, 11) is -5.69. The van der Waals surface area contributed by atoms with Crippen LogP contribution in [0.25, 0.3) is 0 Å². The third-order valence-electron chi connectivity index (χ3n) is 18.6. The quantitative estimate of drug-likeness (QED) is 0.0117. The molecular formula is C70H131O24P. The van der Waals surface area contributed by atoms with E-state index in [1.807, 2.05) is 0 Å². The number of rotatable bonds is 58. The van der Waals surface area contributed by atoms with Crippen molar-refractivity contribution in [3.8, 4) is 0 Å². The molecule has 3 fully saturated rings. The predicted octanol–water partition coefficient (Wildman–Crippen LogP) is 9.79. The third kappa shape index (κ3) is 36.4. The Hall–Kier alpha value is -2.04. The van der Waals surface area contributed by atoms with E-state index in [1.165, 1.54) is 148 Å². The second-order valence-corrected chi connectivity index (χ2v) is 28.4. The normalized spacial score (nSPS) is 28.1. The van der Waals surface area contributed by atoms with Gasteiger partial charge in [-0.2, -0.15) is 0 Å². The monoisotopic (exact) mass is 1390 g/mol. The molecule has 2 aliphatic heterocycles. The van der Waals surface area contributed by atoms with Crippen molar-refractivity contribution < 1.29 is 117 Å². The highest BCUT2D eigenvalue weighted by atomic mass is 31.2. The summed E-state index contributed by atoms with van der Waals surface area (Å²) in [5.41, 5.74) is 0. The minimum Gasteiger partial charge on any atom is -0.463 e. The molecule has 2 heterocycles. The Kier molecular flexibility index (Phi) is 48.5. The van der Waals surface area contributed by atoms with E-state index in [0.717, 1.165) is 89.9 Å². The molecule has 3 rings (SSSR count). The molecule has 18 atom stereocenters. The molecule has 0 spiro atoms. The summed E-state index contributed by atoms with van der Waals surface area (Å²) in [6.07, 6.45) is 8.94. The summed E-state index contributed by atoms with van der Waals surface area (Å²) in [5.74, 6) is -1.97. The molecule has 95 heavy (non-hydrogen) atoms. The van der Waals surface area contributed by atoms with Gasteiger partial charge in [-0.05, 0) is 19.3 Å². The first-order valence-electron chi connectivity index (χ1n) is 37.3. The molecule has 0 amide bonds. The Morgan fingerprint density at radius 1 is 0.368 bits per heavy atom. The fourth-order valence-corrected chi connectivity index (χ4v) is 13.5. The van der Waals surface area contributed by atoms with Crippen LogP contribution in [0.5, 0.6) is 0 Å². The van der Waals surface area contributed by atoms with Gasteiger partial charge in [0.05, 0.1) is 13.2 Å². The maximum absolute atomic E-state index is 14.3. The van der Waals surface area contributed by atoms with Crippen molar-refractivity contribution in [1.29, 1.82) is 0 Å². The number of carbonyl (C=O) groups is 3. The standard InChI is InChI=1S/C70H131O24P/c1-4-7-10-13-16-19-22-24-26-28-31-34-37-40-43-46-56(74)89-51(48-86-54(72)44-41-38-35-33-30-27-25-23-20-17-14-11-8-5-2)49-88-95(84,85)94-68-66(92-69-64(82)59(77)57(75)52(47-71)90-69)62(80)61(79)63(81)67(68)93-70-65(83)60(78)58(76)53(91-70)50-87-55(73)45-42-39-36-32-29-21-18-15-12-9-6-3/h51-53,57-71,75-83H,4-50H2,1-3H3,(H,84,85). The molecule has 25 heteroatoms. The number of phosphoric acid groups is 1. The summed E-state index contributed by atoms with van der Waals surface area (Å²) in [4.78, 5) is 50.9. The van der Waals surface area contributed by atoms with Gasteiger partial charge in [-0.3, -0.25) is 23.4 Å². The Balaban J connectivity index is 1.74. The second kappa shape index (κ2) is 52.9. The maximum Gasteiger partial charge on any atom is 0.472 e. The molecule has 1 aliphatic carbocycles. The summed E-state index contributed by atoms with van der Waals surface area (Å²) < 4.78 is 65.0. The minimum atomic E-state index is -5.69. The highest BCUT2D eigenvalue weighted by Crippen LogP contribution is 2.49. The maximum atomic E-state index is 14.3. The lowest BCUT2D eigenvalue weighted by Gasteiger charge is -2.49. The predicted molar refractivity (Wildman–Crippen MR) is 356 cm³/mol. The van der Waals surface area contributed by atoms with Crippen molar-refractivity contribution in [3.05, 3.63) is 0 Å². The number of esters is 3. The highest BCUT2D eigenvalue weighted by Gasteiger charge is 2.58. The van der Waals surface area contributed by atoms with Crippen LogP contribution in [0.4, 0.5) is 0 Å². The lowest BCUT2D eigenvalue weighted by molar-refractivity contribution is -0.360. The zero-order valence-electron chi connectivity index (χ0n) is 58.2. The topological polar surface area (TPSA) is 374 Å². The van der Waals surface area contributed by atoms with E-state index < -0.39 is 156 Å². The third-order valence-corrected chi connectivity index (χ3v) is 19.6. The van der Waals surface area contributed by atoms with Crippen molar-refractivity contribution >= 4 is 25.7 Å². The average Bonchev–Trinajstić information content (AvgIpc) is 0.764. The van der Waals surface area contributed by atoms with Crippen molar-refractivity contribution in [2.75, 3.05) is 26.4 Å². The van der Waals surface area contributed by atoms with Crippen LogP contribution in [0.3, 0.4) is 0 Å². The first-order chi connectivity index (χ1) is 45.8. The summed E-state index contributed by atoms with van der Waals surface area (Å²) in [5, 5.41) is 110. The number of hydrogen-bond acceptors (Lipinski definition) is 23. The zero-order valence-corrected chi connectivity index (χ0v) is 59.1. The van der Waals surface area contributed by atoms with E-state index in [2.05, 4.69) is 20.8 Å². The van der Waals surface area contributed by atoms with Gasteiger partial charge in [-0.25, -0.2) is 4.57 Å². The SMILES string of the molecule is CCCCCCCCCCCCCCCCCC(=O)OC(COC(=O)CCCCCCCCCCCCCCCC)COP(=O)(O)OC1C(OC2OC(CO)C(O)C(O)C2O)C(O)C(O)C(O)C1OC1OC(COC(=O)CCCCCCCCCCCCC)C(O)C(O)C1O. The van der Waals surface area contributed by atoms with Crippen LogP contribution in [-0.2, 0) is 61.2 Å². The molecule has 3 aliphatic rings. The number of aliphatic hydroxyl groups is 10. The molecule has 0 radical (unpaired) electrons. The van der Waals surface area contributed by atoms with Crippen LogP contribution in [0.2, 0.25) is 0 Å². The molecule has 24 nitrogen and oxygen atoms in total. The molecular weight excluding hydrogens is 1260 g/mol. The van der Waals surface area contributed by atoms with E-state index in [4.69, 9.17) is 42.2 Å². The molecule has 0 aromatic carbocycles. The second-order valence-electron chi connectivity index (χ2n) is 27.0. The number of ether oxygens (including phenoxy) is 7. The Bertz CT molecular complexity index is 1980. The zero-order chi connectivity index (χ0) is 69.6. The molecule has 0 aromatic rings. The van der Waals surface area contributed by atoms with Crippen molar-refractivity contribution in [2.45, 2.75) is 401 Å². The van der Waals surface area contributed by atoms with Gasteiger partial charge in [0.25, 0.3) is 0 Å². The number of carbonyl (C=O) groups excluding carboxylic acids is 3. The van der Waals surface area contributed by atoms with Crippen LogP contribution in [0.15, 0.2) is 0 Å². The highest BCUT2D eigenvalue weighted by molar-refractivity contribution is 7.47. The van der Waals surface area contributed by atoms with Crippen molar-refractivity contribution in [3.63, 3.8) is 0 Å². The lowest BCUT2D eigenvalue weighted by atomic mass is 9.84. The number of aliphatic hydroxyl groups excluding tert-OH is 10. The van der Waals surface area contributed by atoms with Gasteiger partial charge >= 0.3 is 25.7 Å². The summed E-state index contributed by atoms with van der Waals surface area (Å²) in [6, 6.07) is 0. The summed E-state index contributed by atoms with van der Waals surface area (Å²) >= 11 is 0. The fourth-order valence-electron chi connectivity index (χ4n) is 12.5. The molecule has 1 saturated carbocycles. The smallest absolute Gasteiger partial charge is 0.463 e. The van der Waals surface area contributed by atoms with Gasteiger partial charge in [0.1, 0.15) is 98.7 Å². The minimum absolute atomic E-state index is 0.0328. The Morgan fingerprint density at radius 2 is 0.674 bits per heavy atom. The van der Waals surface area contributed by atoms with Crippen molar-refractivity contribution in [2.24, 2.45) is 0 Å². The first kappa shape index (κ1) is 87.2.